The van der Waals surface area contributed by atoms with Gasteiger partial charge < -0.3 is 10.2 Å². The number of carbonyl (C=O) groups is 1. The fraction of sp³-hybridized carbons (Fsp3) is 0.632. The third-order valence-corrected chi connectivity index (χ3v) is 5.10. The minimum absolute atomic E-state index is 0.317. The number of rotatable bonds is 6. The minimum atomic E-state index is 0.317. The number of aryl methyl sites for hydroxylation is 2. The molecule has 4 heteroatoms. The molecule has 2 aliphatic rings. The fourth-order valence-electron chi connectivity index (χ4n) is 3.28. The van der Waals surface area contributed by atoms with Crippen molar-refractivity contribution in [3.63, 3.8) is 0 Å². The molecular formula is C19H29N3O. The van der Waals surface area contributed by atoms with Crippen LogP contribution in [0.3, 0.4) is 0 Å². The molecule has 126 valence electrons. The summed E-state index contributed by atoms with van der Waals surface area (Å²) >= 11 is 0. The van der Waals surface area contributed by atoms with Crippen LogP contribution in [-0.4, -0.2) is 54.5 Å². The van der Waals surface area contributed by atoms with Crippen molar-refractivity contribution in [2.24, 2.45) is 0 Å². The molecule has 2 fully saturated rings. The van der Waals surface area contributed by atoms with Crippen LogP contribution in [0.25, 0.3) is 0 Å². The molecule has 0 aromatic heterocycles. The molecule has 1 amide bonds. The first kappa shape index (κ1) is 16.5. The zero-order chi connectivity index (χ0) is 16.2. The molecule has 1 aromatic rings. The van der Waals surface area contributed by atoms with Gasteiger partial charge in [-0.25, -0.2) is 0 Å². The van der Waals surface area contributed by atoms with Gasteiger partial charge in [-0.1, -0.05) is 18.2 Å². The van der Waals surface area contributed by atoms with Gasteiger partial charge in [0.2, 0.25) is 5.91 Å². The molecule has 4 nitrogen and oxygen atoms in total. The molecule has 1 heterocycles. The van der Waals surface area contributed by atoms with Gasteiger partial charge in [0.05, 0.1) is 0 Å². The van der Waals surface area contributed by atoms with Crippen LogP contribution in [0.15, 0.2) is 18.2 Å². The van der Waals surface area contributed by atoms with Crippen molar-refractivity contribution < 1.29 is 4.79 Å². The fourth-order valence-corrected chi connectivity index (χ4v) is 3.28. The SMILES string of the molecule is Cc1ccc(CN(CCC(=O)N2CCNCC2)C2CC2)cc1C. The van der Waals surface area contributed by atoms with Gasteiger partial charge in [0.25, 0.3) is 0 Å². The summed E-state index contributed by atoms with van der Waals surface area (Å²) < 4.78 is 0. The molecule has 1 saturated carbocycles. The van der Waals surface area contributed by atoms with Gasteiger partial charge in [0.1, 0.15) is 0 Å². The zero-order valence-corrected chi connectivity index (χ0v) is 14.5. The maximum atomic E-state index is 12.4. The largest absolute Gasteiger partial charge is 0.340 e. The summed E-state index contributed by atoms with van der Waals surface area (Å²) in [6.07, 6.45) is 3.22. The summed E-state index contributed by atoms with van der Waals surface area (Å²) in [7, 11) is 0. The van der Waals surface area contributed by atoms with Gasteiger partial charge in [0.15, 0.2) is 0 Å². The topological polar surface area (TPSA) is 35.6 Å². The average molecular weight is 315 g/mol. The highest BCUT2D eigenvalue weighted by Gasteiger charge is 2.29. The number of piperazine rings is 1. The minimum Gasteiger partial charge on any atom is -0.340 e. The van der Waals surface area contributed by atoms with Crippen LogP contribution in [0, 0.1) is 13.8 Å². The molecular weight excluding hydrogens is 286 g/mol. The van der Waals surface area contributed by atoms with Crippen LogP contribution in [-0.2, 0) is 11.3 Å². The Morgan fingerprint density at radius 3 is 2.61 bits per heavy atom. The Kier molecular flexibility index (Phi) is 5.34. The lowest BCUT2D eigenvalue weighted by Gasteiger charge is -2.29. The Morgan fingerprint density at radius 2 is 1.96 bits per heavy atom. The molecule has 0 spiro atoms. The van der Waals surface area contributed by atoms with E-state index in [0.717, 1.165) is 39.3 Å². The maximum absolute atomic E-state index is 12.4. The van der Waals surface area contributed by atoms with Gasteiger partial charge in [-0.2, -0.15) is 0 Å². The van der Waals surface area contributed by atoms with Crippen molar-refractivity contribution in [1.29, 1.82) is 0 Å². The first-order valence-corrected chi connectivity index (χ1v) is 8.92. The smallest absolute Gasteiger partial charge is 0.223 e. The Morgan fingerprint density at radius 1 is 1.22 bits per heavy atom. The van der Waals surface area contributed by atoms with Crippen molar-refractivity contribution in [2.45, 2.75) is 45.7 Å². The average Bonchev–Trinajstić information content (AvgIpc) is 3.40. The van der Waals surface area contributed by atoms with Gasteiger partial charge in [0, 0.05) is 51.7 Å². The Balaban J connectivity index is 1.54. The van der Waals surface area contributed by atoms with E-state index >= 15 is 0 Å². The van der Waals surface area contributed by atoms with E-state index in [0.29, 0.717) is 18.4 Å². The van der Waals surface area contributed by atoms with Crippen molar-refractivity contribution in [3.8, 4) is 0 Å². The van der Waals surface area contributed by atoms with Crippen LogP contribution >= 0.6 is 0 Å². The van der Waals surface area contributed by atoms with Crippen LogP contribution in [0.1, 0.15) is 36.0 Å². The maximum Gasteiger partial charge on any atom is 0.223 e. The zero-order valence-electron chi connectivity index (χ0n) is 14.5. The number of nitrogens with zero attached hydrogens (tertiary/aromatic N) is 2. The highest BCUT2D eigenvalue weighted by atomic mass is 16.2. The van der Waals surface area contributed by atoms with E-state index in [4.69, 9.17) is 0 Å². The summed E-state index contributed by atoms with van der Waals surface area (Å²) in [5.41, 5.74) is 4.07. The van der Waals surface area contributed by atoms with E-state index in [-0.39, 0.29) is 0 Å². The molecule has 1 saturated heterocycles. The van der Waals surface area contributed by atoms with Crippen LogP contribution in [0.2, 0.25) is 0 Å². The second-order valence-electron chi connectivity index (χ2n) is 7.00. The lowest BCUT2D eigenvalue weighted by Crippen LogP contribution is -2.47. The van der Waals surface area contributed by atoms with Gasteiger partial charge in [-0.3, -0.25) is 9.69 Å². The molecule has 23 heavy (non-hydrogen) atoms. The van der Waals surface area contributed by atoms with Gasteiger partial charge in [-0.15, -0.1) is 0 Å². The normalized spacial score (nSPS) is 18.5. The molecule has 3 rings (SSSR count). The summed E-state index contributed by atoms with van der Waals surface area (Å²) in [4.78, 5) is 16.9. The number of benzene rings is 1. The summed E-state index contributed by atoms with van der Waals surface area (Å²) in [5, 5.41) is 3.30. The number of nitrogens with one attached hydrogen (secondary N) is 1. The highest BCUT2D eigenvalue weighted by Crippen LogP contribution is 2.28. The number of hydrogen-bond donors (Lipinski definition) is 1. The second kappa shape index (κ2) is 7.45. The Hall–Kier alpha value is -1.39. The number of amides is 1. The van der Waals surface area contributed by atoms with Crippen molar-refractivity contribution in [3.05, 3.63) is 34.9 Å². The van der Waals surface area contributed by atoms with E-state index in [1.54, 1.807) is 0 Å². The third-order valence-electron chi connectivity index (χ3n) is 5.10. The molecule has 1 aliphatic carbocycles. The molecule has 1 aromatic carbocycles. The van der Waals surface area contributed by atoms with Crippen molar-refractivity contribution in [1.82, 2.24) is 15.1 Å². The van der Waals surface area contributed by atoms with Crippen LogP contribution in [0.5, 0.6) is 0 Å². The first-order chi connectivity index (χ1) is 11.1. The first-order valence-electron chi connectivity index (χ1n) is 8.92. The predicted octanol–water partition coefficient (Wildman–Crippen LogP) is 2.09. The lowest BCUT2D eigenvalue weighted by atomic mass is 10.1. The van der Waals surface area contributed by atoms with E-state index in [9.17, 15) is 4.79 Å². The summed E-state index contributed by atoms with van der Waals surface area (Å²) in [5.74, 6) is 0.317. The van der Waals surface area contributed by atoms with E-state index in [1.807, 2.05) is 4.90 Å². The standard InChI is InChI=1S/C19H29N3O/c1-15-3-4-17(13-16(15)2)14-22(18-5-6-18)10-7-19(23)21-11-8-20-9-12-21/h3-4,13,18,20H,5-12,14H2,1-2H3. The number of carbonyl (C=O) groups excluding carboxylic acids is 1. The Labute approximate surface area is 139 Å². The molecule has 0 bridgehead atoms. The Bertz CT molecular complexity index is 548. The molecule has 1 aliphatic heterocycles. The quantitative estimate of drug-likeness (QED) is 0.873. The predicted molar refractivity (Wildman–Crippen MR) is 93.4 cm³/mol. The van der Waals surface area contributed by atoms with E-state index < -0.39 is 0 Å². The third kappa shape index (κ3) is 4.55. The van der Waals surface area contributed by atoms with Crippen LogP contribution in [0.4, 0.5) is 0 Å². The molecule has 1 N–H and O–H groups in total. The van der Waals surface area contributed by atoms with E-state index in [2.05, 4.69) is 42.3 Å². The molecule has 0 atom stereocenters. The van der Waals surface area contributed by atoms with Crippen molar-refractivity contribution >= 4 is 5.91 Å². The van der Waals surface area contributed by atoms with Gasteiger partial charge >= 0.3 is 0 Å². The monoisotopic (exact) mass is 315 g/mol. The molecule has 0 radical (unpaired) electrons. The van der Waals surface area contributed by atoms with E-state index in [1.165, 1.54) is 29.5 Å². The van der Waals surface area contributed by atoms with Crippen LogP contribution < -0.4 is 5.32 Å². The molecule has 0 unspecified atom stereocenters. The van der Waals surface area contributed by atoms with Crippen molar-refractivity contribution in [2.75, 3.05) is 32.7 Å². The van der Waals surface area contributed by atoms with Gasteiger partial charge in [-0.05, 0) is 43.4 Å². The summed E-state index contributed by atoms with van der Waals surface area (Å²) in [6.45, 7) is 9.78. The number of hydrogen-bond acceptors (Lipinski definition) is 3. The lowest BCUT2D eigenvalue weighted by molar-refractivity contribution is -0.132. The highest BCUT2D eigenvalue weighted by molar-refractivity contribution is 5.76. The summed E-state index contributed by atoms with van der Waals surface area (Å²) in [6, 6.07) is 7.42. The second-order valence-corrected chi connectivity index (χ2v) is 7.00.